The number of likely N-dealkylation sites (tertiary alicyclic amines) is 1. The molecule has 1 amide bonds. The van der Waals surface area contributed by atoms with Crippen LogP contribution in [-0.4, -0.2) is 41.1 Å². The Balaban J connectivity index is 1.71. The van der Waals surface area contributed by atoms with Gasteiger partial charge in [-0.3, -0.25) is 9.69 Å². The van der Waals surface area contributed by atoms with Crippen molar-refractivity contribution >= 4 is 11.9 Å². The van der Waals surface area contributed by atoms with Crippen LogP contribution in [0.3, 0.4) is 0 Å². The first-order valence-electron chi connectivity index (χ1n) is 7.17. The van der Waals surface area contributed by atoms with E-state index in [0.29, 0.717) is 5.56 Å². The minimum atomic E-state index is -0.755. The zero-order valence-corrected chi connectivity index (χ0v) is 12.8. The number of Topliss-reactive ketones (excluding diaryl/α,β-unsaturated/α-hetero) is 1. The zero-order valence-electron chi connectivity index (χ0n) is 12.8. The van der Waals surface area contributed by atoms with Crippen LogP contribution in [0.1, 0.15) is 37.6 Å². The Kier molecular flexibility index (Phi) is 3.16. The zero-order chi connectivity index (χ0) is 16.1. The average molecular weight is 307 g/mol. The Labute approximate surface area is 128 Å². The van der Waals surface area contributed by atoms with E-state index in [1.807, 2.05) is 0 Å². The van der Waals surface area contributed by atoms with E-state index in [0.717, 1.165) is 0 Å². The van der Waals surface area contributed by atoms with Crippen LogP contribution in [0.15, 0.2) is 18.2 Å². The van der Waals surface area contributed by atoms with Crippen LogP contribution in [0, 0.1) is 5.82 Å². The molecule has 0 saturated carbocycles. The molecule has 1 fully saturated rings. The lowest BCUT2D eigenvalue weighted by atomic mass is 9.84. The normalized spacial score (nSPS) is 19.3. The highest BCUT2D eigenvalue weighted by Gasteiger charge is 2.52. The van der Waals surface area contributed by atoms with E-state index < -0.39 is 23.1 Å². The molecule has 2 aliphatic rings. The number of halogens is 1. The second-order valence-corrected chi connectivity index (χ2v) is 6.86. The predicted molar refractivity (Wildman–Crippen MR) is 76.5 cm³/mol. The van der Waals surface area contributed by atoms with Crippen LogP contribution in [0.5, 0.6) is 5.75 Å². The molecule has 2 aliphatic heterocycles. The highest BCUT2D eigenvalue weighted by molar-refractivity contribution is 6.00. The Morgan fingerprint density at radius 1 is 1.36 bits per heavy atom. The first kappa shape index (κ1) is 14.8. The standard InChI is InChI=1S/C16H18FNO4/c1-15(2,3)22-14(20)18-8-16(9-18)7-12(19)11-5-4-10(17)6-13(11)21-16/h4-6H,7-9H2,1-3H3. The summed E-state index contributed by atoms with van der Waals surface area (Å²) >= 11 is 0. The highest BCUT2D eigenvalue weighted by Crippen LogP contribution is 2.39. The molecule has 0 unspecified atom stereocenters. The quantitative estimate of drug-likeness (QED) is 0.739. The van der Waals surface area contributed by atoms with Crippen molar-refractivity contribution in [2.24, 2.45) is 0 Å². The molecule has 3 rings (SSSR count). The molecule has 0 N–H and O–H groups in total. The van der Waals surface area contributed by atoms with Crippen molar-refractivity contribution in [1.82, 2.24) is 4.90 Å². The Bertz CT molecular complexity index is 644. The molecule has 0 aromatic heterocycles. The minimum absolute atomic E-state index is 0.0925. The maximum absolute atomic E-state index is 13.3. The van der Waals surface area contributed by atoms with E-state index >= 15 is 0 Å². The second-order valence-electron chi connectivity index (χ2n) is 6.86. The van der Waals surface area contributed by atoms with Crippen LogP contribution in [-0.2, 0) is 4.74 Å². The second kappa shape index (κ2) is 4.69. The SMILES string of the molecule is CC(C)(C)OC(=O)N1CC2(CC(=O)c3ccc(F)cc3O2)C1. The van der Waals surface area contributed by atoms with Crippen LogP contribution in [0.25, 0.3) is 0 Å². The number of carbonyl (C=O) groups excluding carboxylic acids is 2. The van der Waals surface area contributed by atoms with Gasteiger partial charge in [-0.1, -0.05) is 0 Å². The van der Waals surface area contributed by atoms with Gasteiger partial charge in [0, 0.05) is 6.07 Å². The molecule has 0 radical (unpaired) electrons. The lowest BCUT2D eigenvalue weighted by Gasteiger charge is -2.50. The smallest absolute Gasteiger partial charge is 0.410 e. The number of benzene rings is 1. The number of amides is 1. The van der Waals surface area contributed by atoms with E-state index in [1.165, 1.54) is 23.1 Å². The lowest BCUT2D eigenvalue weighted by molar-refractivity contribution is -0.0847. The molecular formula is C16H18FNO4. The number of carbonyl (C=O) groups is 2. The summed E-state index contributed by atoms with van der Waals surface area (Å²) in [5.41, 5.74) is -0.934. The predicted octanol–water partition coefficient (Wildman–Crippen LogP) is 2.78. The molecule has 0 aliphatic carbocycles. The van der Waals surface area contributed by atoms with Gasteiger partial charge in [-0.25, -0.2) is 9.18 Å². The maximum Gasteiger partial charge on any atom is 0.410 e. The average Bonchev–Trinajstić information content (AvgIpc) is 2.32. The van der Waals surface area contributed by atoms with Gasteiger partial charge in [-0.05, 0) is 32.9 Å². The van der Waals surface area contributed by atoms with Crippen LogP contribution >= 0.6 is 0 Å². The number of ether oxygens (including phenoxy) is 2. The summed E-state index contributed by atoms with van der Waals surface area (Å²) < 4.78 is 24.4. The van der Waals surface area contributed by atoms with Gasteiger partial charge >= 0.3 is 6.09 Å². The van der Waals surface area contributed by atoms with Crippen molar-refractivity contribution in [2.45, 2.75) is 38.4 Å². The Morgan fingerprint density at radius 2 is 2.05 bits per heavy atom. The molecule has 22 heavy (non-hydrogen) atoms. The van der Waals surface area contributed by atoms with Gasteiger partial charge in [0.15, 0.2) is 11.4 Å². The Hall–Kier alpha value is -2.11. The van der Waals surface area contributed by atoms with Gasteiger partial charge in [0.25, 0.3) is 0 Å². The topological polar surface area (TPSA) is 55.8 Å². The summed E-state index contributed by atoms with van der Waals surface area (Å²) in [4.78, 5) is 25.6. The van der Waals surface area contributed by atoms with E-state index in [4.69, 9.17) is 9.47 Å². The first-order chi connectivity index (χ1) is 10.2. The molecule has 6 heteroatoms. The lowest BCUT2D eigenvalue weighted by Crippen LogP contribution is -2.68. The molecule has 1 spiro atoms. The van der Waals surface area contributed by atoms with E-state index in [-0.39, 0.29) is 31.0 Å². The van der Waals surface area contributed by atoms with Gasteiger partial charge in [0.1, 0.15) is 17.2 Å². The van der Waals surface area contributed by atoms with Crippen molar-refractivity contribution < 1.29 is 23.5 Å². The van der Waals surface area contributed by atoms with Crippen LogP contribution in [0.4, 0.5) is 9.18 Å². The number of hydrogen-bond acceptors (Lipinski definition) is 4. The molecule has 1 aromatic rings. The molecule has 1 saturated heterocycles. The van der Waals surface area contributed by atoms with Gasteiger partial charge in [-0.15, -0.1) is 0 Å². The number of rotatable bonds is 0. The third kappa shape index (κ3) is 2.65. The molecule has 0 atom stereocenters. The maximum atomic E-state index is 13.3. The Morgan fingerprint density at radius 3 is 2.68 bits per heavy atom. The molecular weight excluding hydrogens is 289 g/mol. The fourth-order valence-electron chi connectivity index (χ4n) is 2.75. The number of hydrogen-bond donors (Lipinski definition) is 0. The van der Waals surface area contributed by atoms with Crippen molar-refractivity contribution in [3.8, 4) is 5.75 Å². The van der Waals surface area contributed by atoms with E-state index in [1.54, 1.807) is 20.8 Å². The third-order valence-corrected chi connectivity index (χ3v) is 3.66. The fraction of sp³-hybridized carbons (Fsp3) is 0.500. The van der Waals surface area contributed by atoms with E-state index in [9.17, 15) is 14.0 Å². The van der Waals surface area contributed by atoms with Crippen molar-refractivity contribution in [3.05, 3.63) is 29.6 Å². The van der Waals surface area contributed by atoms with Gasteiger partial charge in [0.05, 0.1) is 25.1 Å². The molecule has 0 bridgehead atoms. The number of nitrogens with zero attached hydrogens (tertiary/aromatic N) is 1. The number of fused-ring (bicyclic) bond motifs is 1. The molecule has 5 nitrogen and oxygen atoms in total. The molecule has 2 heterocycles. The van der Waals surface area contributed by atoms with Crippen LogP contribution in [0.2, 0.25) is 0 Å². The largest absolute Gasteiger partial charge is 0.482 e. The van der Waals surface area contributed by atoms with Crippen molar-refractivity contribution in [3.63, 3.8) is 0 Å². The first-order valence-corrected chi connectivity index (χ1v) is 7.17. The summed E-state index contributed by atoms with van der Waals surface area (Å²) in [6, 6.07) is 3.89. The minimum Gasteiger partial charge on any atom is -0.482 e. The summed E-state index contributed by atoms with van der Waals surface area (Å²) in [6.07, 6.45) is -0.246. The van der Waals surface area contributed by atoms with Crippen molar-refractivity contribution in [1.29, 1.82) is 0 Å². The fourth-order valence-corrected chi connectivity index (χ4v) is 2.75. The molecule has 1 aromatic carbocycles. The summed E-state index contributed by atoms with van der Waals surface area (Å²) in [6.45, 7) is 5.91. The monoisotopic (exact) mass is 307 g/mol. The summed E-state index contributed by atoms with van der Waals surface area (Å²) in [5.74, 6) is -0.294. The third-order valence-electron chi connectivity index (χ3n) is 3.66. The number of ketones is 1. The van der Waals surface area contributed by atoms with Gasteiger partial charge in [0.2, 0.25) is 0 Å². The highest BCUT2D eigenvalue weighted by atomic mass is 19.1. The van der Waals surface area contributed by atoms with Crippen molar-refractivity contribution in [2.75, 3.05) is 13.1 Å². The van der Waals surface area contributed by atoms with E-state index in [2.05, 4.69) is 0 Å². The summed E-state index contributed by atoms with van der Waals surface area (Å²) in [5, 5.41) is 0. The van der Waals surface area contributed by atoms with Gasteiger partial charge in [-0.2, -0.15) is 0 Å². The summed E-state index contributed by atoms with van der Waals surface area (Å²) in [7, 11) is 0. The van der Waals surface area contributed by atoms with Crippen LogP contribution < -0.4 is 4.74 Å². The molecule has 118 valence electrons. The van der Waals surface area contributed by atoms with Gasteiger partial charge < -0.3 is 9.47 Å².